The number of hydrogen-bond donors (Lipinski definition) is 1. The Bertz CT molecular complexity index is 524. The van der Waals surface area contributed by atoms with Gasteiger partial charge >= 0.3 is 0 Å². The molecule has 3 nitrogen and oxygen atoms in total. The number of fused-ring (bicyclic) bond motifs is 1. The molecule has 1 fully saturated rings. The highest BCUT2D eigenvalue weighted by atomic mass is 16.5. The van der Waals surface area contributed by atoms with Gasteiger partial charge in [-0.3, -0.25) is 0 Å². The fraction of sp³-hybridized carbons (Fsp3) is 0.722. The van der Waals surface area contributed by atoms with Crippen LogP contribution in [0.3, 0.4) is 0 Å². The standard InChI is InChI=1S/C18H28N2O/c1-12-7-15(10-18(2,3)9-12)21-17-14(11-19)8-13-5-4-6-16(13)20-17/h8,12,15H,4-7,9-11,19H2,1-3H3. The molecule has 0 spiro atoms. The van der Waals surface area contributed by atoms with Crippen LogP contribution < -0.4 is 10.5 Å². The van der Waals surface area contributed by atoms with Crippen molar-refractivity contribution in [2.24, 2.45) is 17.1 Å². The van der Waals surface area contributed by atoms with Gasteiger partial charge in [-0.1, -0.05) is 20.8 Å². The lowest BCUT2D eigenvalue weighted by Gasteiger charge is -2.38. The van der Waals surface area contributed by atoms with Crippen molar-refractivity contribution < 1.29 is 4.74 Å². The van der Waals surface area contributed by atoms with Crippen LogP contribution in [0.25, 0.3) is 0 Å². The molecule has 0 aliphatic heterocycles. The van der Waals surface area contributed by atoms with Crippen LogP contribution in [-0.2, 0) is 19.4 Å². The van der Waals surface area contributed by atoms with Crippen molar-refractivity contribution in [1.29, 1.82) is 0 Å². The summed E-state index contributed by atoms with van der Waals surface area (Å²) in [6.45, 7) is 7.54. The van der Waals surface area contributed by atoms with Gasteiger partial charge < -0.3 is 10.5 Å². The van der Waals surface area contributed by atoms with Crippen molar-refractivity contribution in [2.45, 2.75) is 71.9 Å². The Morgan fingerprint density at radius 3 is 2.86 bits per heavy atom. The molecule has 2 N–H and O–H groups in total. The minimum absolute atomic E-state index is 0.279. The van der Waals surface area contributed by atoms with Gasteiger partial charge in [0.05, 0.1) is 0 Å². The molecule has 1 aromatic rings. The molecule has 1 aromatic heterocycles. The average Bonchev–Trinajstić information content (AvgIpc) is 2.82. The second-order valence-electron chi connectivity index (χ2n) is 7.77. The minimum atomic E-state index is 0.279. The van der Waals surface area contributed by atoms with Crippen molar-refractivity contribution in [3.8, 4) is 5.88 Å². The summed E-state index contributed by atoms with van der Waals surface area (Å²) in [6, 6.07) is 2.22. The van der Waals surface area contributed by atoms with Crippen LogP contribution in [0, 0.1) is 11.3 Å². The molecule has 116 valence electrons. The Labute approximate surface area is 128 Å². The Morgan fingerprint density at radius 1 is 1.33 bits per heavy atom. The zero-order valence-electron chi connectivity index (χ0n) is 13.6. The number of rotatable bonds is 3. The van der Waals surface area contributed by atoms with Crippen LogP contribution in [0.5, 0.6) is 5.88 Å². The first-order valence-electron chi connectivity index (χ1n) is 8.35. The third kappa shape index (κ3) is 3.23. The zero-order chi connectivity index (χ0) is 15.0. The normalized spacial score (nSPS) is 27.4. The van der Waals surface area contributed by atoms with Gasteiger partial charge in [0.1, 0.15) is 6.10 Å². The monoisotopic (exact) mass is 288 g/mol. The van der Waals surface area contributed by atoms with E-state index in [1.54, 1.807) is 0 Å². The van der Waals surface area contributed by atoms with Crippen molar-refractivity contribution in [3.05, 3.63) is 22.9 Å². The Balaban J connectivity index is 1.81. The minimum Gasteiger partial charge on any atom is -0.474 e. The lowest BCUT2D eigenvalue weighted by Crippen LogP contribution is -2.34. The first-order valence-corrected chi connectivity index (χ1v) is 8.35. The van der Waals surface area contributed by atoms with Gasteiger partial charge in [-0.05, 0) is 61.5 Å². The molecule has 2 aliphatic carbocycles. The molecule has 0 amide bonds. The highest BCUT2D eigenvalue weighted by Gasteiger charge is 2.33. The van der Waals surface area contributed by atoms with Gasteiger partial charge in [0.25, 0.3) is 0 Å². The van der Waals surface area contributed by atoms with E-state index in [1.165, 1.54) is 24.1 Å². The van der Waals surface area contributed by atoms with E-state index in [9.17, 15) is 0 Å². The van der Waals surface area contributed by atoms with Gasteiger partial charge in [-0.25, -0.2) is 4.98 Å². The van der Waals surface area contributed by atoms with Crippen LogP contribution in [-0.4, -0.2) is 11.1 Å². The molecule has 3 rings (SSSR count). The number of nitrogens with zero attached hydrogens (tertiary/aromatic N) is 1. The Morgan fingerprint density at radius 2 is 2.14 bits per heavy atom. The summed E-state index contributed by atoms with van der Waals surface area (Å²) in [5.74, 6) is 1.52. The van der Waals surface area contributed by atoms with Crippen molar-refractivity contribution in [1.82, 2.24) is 4.98 Å². The third-order valence-corrected chi connectivity index (χ3v) is 4.93. The molecular formula is C18H28N2O. The Kier molecular flexibility index (Phi) is 3.96. The molecule has 21 heavy (non-hydrogen) atoms. The maximum Gasteiger partial charge on any atom is 0.218 e. The first-order chi connectivity index (χ1) is 9.97. The molecule has 3 heteroatoms. The number of aromatic nitrogens is 1. The fourth-order valence-corrected chi connectivity index (χ4v) is 4.26. The van der Waals surface area contributed by atoms with E-state index in [-0.39, 0.29) is 6.10 Å². The van der Waals surface area contributed by atoms with Crippen LogP contribution in [0.15, 0.2) is 6.07 Å². The summed E-state index contributed by atoms with van der Waals surface area (Å²) in [4.78, 5) is 4.79. The van der Waals surface area contributed by atoms with Gasteiger partial charge in [0.15, 0.2) is 0 Å². The summed E-state index contributed by atoms with van der Waals surface area (Å²) in [5, 5.41) is 0. The molecule has 0 radical (unpaired) electrons. The number of pyridine rings is 1. The van der Waals surface area contributed by atoms with Gasteiger partial charge in [0.2, 0.25) is 5.88 Å². The molecule has 1 saturated carbocycles. The quantitative estimate of drug-likeness (QED) is 0.924. The molecule has 0 bridgehead atoms. The molecule has 0 saturated heterocycles. The lowest BCUT2D eigenvalue weighted by molar-refractivity contribution is 0.0524. The van der Waals surface area contributed by atoms with E-state index >= 15 is 0 Å². The molecule has 2 atom stereocenters. The largest absolute Gasteiger partial charge is 0.474 e. The SMILES string of the molecule is CC1CC(Oc2nc3c(cc2CN)CCC3)CC(C)(C)C1. The van der Waals surface area contributed by atoms with Crippen molar-refractivity contribution in [3.63, 3.8) is 0 Å². The van der Waals surface area contributed by atoms with E-state index in [0.717, 1.165) is 43.0 Å². The van der Waals surface area contributed by atoms with Crippen LogP contribution in [0.4, 0.5) is 0 Å². The van der Waals surface area contributed by atoms with Gasteiger partial charge in [-0.15, -0.1) is 0 Å². The summed E-state index contributed by atoms with van der Waals surface area (Å²) in [5.41, 5.74) is 9.95. The van der Waals surface area contributed by atoms with Gasteiger partial charge in [0, 0.05) is 17.8 Å². The van der Waals surface area contributed by atoms with Crippen molar-refractivity contribution in [2.75, 3.05) is 0 Å². The van der Waals surface area contributed by atoms with Crippen LogP contribution in [0.1, 0.15) is 63.3 Å². The predicted octanol–water partition coefficient (Wildman–Crippen LogP) is 3.62. The van der Waals surface area contributed by atoms with Crippen LogP contribution in [0.2, 0.25) is 0 Å². The molecular weight excluding hydrogens is 260 g/mol. The maximum absolute atomic E-state index is 6.32. The summed E-state index contributed by atoms with van der Waals surface area (Å²) in [6.07, 6.45) is 7.25. The summed E-state index contributed by atoms with van der Waals surface area (Å²) >= 11 is 0. The maximum atomic E-state index is 6.32. The van der Waals surface area contributed by atoms with E-state index < -0.39 is 0 Å². The predicted molar refractivity (Wildman–Crippen MR) is 85.4 cm³/mol. The number of nitrogens with two attached hydrogens (primary N) is 1. The zero-order valence-corrected chi connectivity index (χ0v) is 13.6. The molecule has 0 aromatic carbocycles. The van der Waals surface area contributed by atoms with Crippen LogP contribution >= 0.6 is 0 Å². The first kappa shape index (κ1) is 14.8. The highest BCUT2D eigenvalue weighted by Crippen LogP contribution is 2.40. The second kappa shape index (κ2) is 5.60. The average molecular weight is 288 g/mol. The number of ether oxygens (including phenoxy) is 1. The second-order valence-corrected chi connectivity index (χ2v) is 7.77. The number of hydrogen-bond acceptors (Lipinski definition) is 3. The van der Waals surface area contributed by atoms with E-state index in [2.05, 4.69) is 26.8 Å². The molecule has 2 unspecified atom stereocenters. The third-order valence-electron chi connectivity index (χ3n) is 4.93. The van der Waals surface area contributed by atoms with E-state index in [0.29, 0.717) is 12.0 Å². The van der Waals surface area contributed by atoms with E-state index in [1.807, 2.05) is 0 Å². The number of aryl methyl sites for hydroxylation is 2. The molecule has 1 heterocycles. The topological polar surface area (TPSA) is 48.1 Å². The Hall–Kier alpha value is -1.09. The fourth-order valence-electron chi connectivity index (χ4n) is 4.26. The highest BCUT2D eigenvalue weighted by molar-refractivity contribution is 5.37. The van der Waals surface area contributed by atoms with Crippen molar-refractivity contribution >= 4 is 0 Å². The lowest BCUT2D eigenvalue weighted by atomic mass is 9.71. The summed E-state index contributed by atoms with van der Waals surface area (Å²) in [7, 11) is 0. The smallest absolute Gasteiger partial charge is 0.218 e. The summed E-state index contributed by atoms with van der Waals surface area (Å²) < 4.78 is 6.32. The van der Waals surface area contributed by atoms with Gasteiger partial charge in [-0.2, -0.15) is 0 Å². The van der Waals surface area contributed by atoms with E-state index in [4.69, 9.17) is 15.5 Å². The molecule has 2 aliphatic rings.